The molecule has 140 valence electrons. The van der Waals surface area contributed by atoms with Gasteiger partial charge in [0, 0.05) is 23.7 Å². The highest BCUT2D eigenvalue weighted by Crippen LogP contribution is 2.27. The second-order valence-corrected chi connectivity index (χ2v) is 7.37. The SMILES string of the molecule is CN1CCCC(CCOc2ccc(-c3cc(-c4ccccc4)on3)cc2)C1. The van der Waals surface area contributed by atoms with Crippen LogP contribution in [-0.2, 0) is 0 Å². The number of hydrogen-bond donors (Lipinski definition) is 0. The minimum absolute atomic E-state index is 0.759. The van der Waals surface area contributed by atoms with Crippen LogP contribution in [0.1, 0.15) is 19.3 Å². The van der Waals surface area contributed by atoms with Gasteiger partial charge in [-0.05, 0) is 63.0 Å². The second kappa shape index (κ2) is 8.40. The van der Waals surface area contributed by atoms with Crippen LogP contribution >= 0.6 is 0 Å². The lowest BCUT2D eigenvalue weighted by molar-refractivity contribution is 0.178. The summed E-state index contributed by atoms with van der Waals surface area (Å²) in [6.07, 6.45) is 3.75. The van der Waals surface area contributed by atoms with Crippen LogP contribution in [0.25, 0.3) is 22.6 Å². The lowest BCUT2D eigenvalue weighted by Crippen LogP contribution is -2.32. The number of rotatable bonds is 6. The van der Waals surface area contributed by atoms with Gasteiger partial charge in [0.1, 0.15) is 11.4 Å². The average molecular weight is 362 g/mol. The van der Waals surface area contributed by atoms with Crippen LogP contribution in [0.15, 0.2) is 65.2 Å². The molecule has 0 radical (unpaired) electrons. The molecule has 1 aromatic heterocycles. The van der Waals surface area contributed by atoms with E-state index < -0.39 is 0 Å². The molecule has 0 aliphatic carbocycles. The van der Waals surface area contributed by atoms with Crippen molar-refractivity contribution in [1.82, 2.24) is 10.1 Å². The van der Waals surface area contributed by atoms with E-state index in [2.05, 4.69) is 17.1 Å². The van der Waals surface area contributed by atoms with Gasteiger partial charge in [-0.3, -0.25) is 0 Å². The number of ether oxygens (including phenoxy) is 1. The fourth-order valence-electron chi connectivity index (χ4n) is 3.72. The first-order valence-corrected chi connectivity index (χ1v) is 9.72. The Morgan fingerprint density at radius 2 is 1.89 bits per heavy atom. The Morgan fingerprint density at radius 1 is 1.07 bits per heavy atom. The average Bonchev–Trinajstić information content (AvgIpc) is 3.20. The van der Waals surface area contributed by atoms with Crippen LogP contribution in [0.5, 0.6) is 5.75 Å². The summed E-state index contributed by atoms with van der Waals surface area (Å²) in [5.74, 6) is 2.45. The first kappa shape index (κ1) is 17.8. The predicted octanol–water partition coefficient (Wildman–Crippen LogP) is 5.12. The summed E-state index contributed by atoms with van der Waals surface area (Å²) in [4.78, 5) is 2.42. The molecule has 1 fully saturated rings. The van der Waals surface area contributed by atoms with Crippen molar-refractivity contribution in [2.75, 3.05) is 26.7 Å². The van der Waals surface area contributed by atoms with Crippen molar-refractivity contribution in [2.45, 2.75) is 19.3 Å². The third-order valence-electron chi connectivity index (χ3n) is 5.24. The Bertz CT molecular complexity index is 842. The van der Waals surface area contributed by atoms with Crippen molar-refractivity contribution in [1.29, 1.82) is 0 Å². The van der Waals surface area contributed by atoms with E-state index in [1.54, 1.807) is 0 Å². The summed E-state index contributed by atoms with van der Waals surface area (Å²) in [6.45, 7) is 3.20. The minimum Gasteiger partial charge on any atom is -0.494 e. The van der Waals surface area contributed by atoms with Gasteiger partial charge in [-0.2, -0.15) is 0 Å². The van der Waals surface area contributed by atoms with Crippen LogP contribution in [-0.4, -0.2) is 36.8 Å². The predicted molar refractivity (Wildman–Crippen MR) is 108 cm³/mol. The van der Waals surface area contributed by atoms with Gasteiger partial charge in [0.2, 0.25) is 0 Å². The molecule has 0 spiro atoms. The molecule has 0 bridgehead atoms. The molecule has 0 N–H and O–H groups in total. The lowest BCUT2D eigenvalue weighted by atomic mass is 9.96. The van der Waals surface area contributed by atoms with Crippen molar-refractivity contribution >= 4 is 0 Å². The summed E-state index contributed by atoms with van der Waals surface area (Å²) in [6, 6.07) is 20.1. The molecule has 3 aromatic rings. The highest BCUT2D eigenvalue weighted by molar-refractivity contribution is 5.66. The van der Waals surface area contributed by atoms with Crippen molar-refractivity contribution in [3.8, 4) is 28.3 Å². The molecule has 27 heavy (non-hydrogen) atoms. The first-order valence-electron chi connectivity index (χ1n) is 9.72. The Kier molecular flexibility index (Phi) is 5.54. The maximum absolute atomic E-state index is 5.95. The number of hydrogen-bond acceptors (Lipinski definition) is 4. The maximum Gasteiger partial charge on any atom is 0.167 e. The number of likely N-dealkylation sites (tertiary alicyclic amines) is 1. The zero-order valence-corrected chi connectivity index (χ0v) is 15.8. The van der Waals surface area contributed by atoms with E-state index in [0.29, 0.717) is 0 Å². The van der Waals surface area contributed by atoms with E-state index in [1.807, 2.05) is 60.7 Å². The highest BCUT2D eigenvalue weighted by atomic mass is 16.5. The molecular weight excluding hydrogens is 336 g/mol. The number of aromatic nitrogens is 1. The Labute approximate surface area is 160 Å². The van der Waals surface area contributed by atoms with E-state index in [1.165, 1.54) is 25.9 Å². The topological polar surface area (TPSA) is 38.5 Å². The molecular formula is C23H26N2O2. The van der Waals surface area contributed by atoms with Crippen molar-refractivity contribution in [3.05, 3.63) is 60.7 Å². The fraction of sp³-hybridized carbons (Fsp3) is 0.348. The summed E-state index contributed by atoms with van der Waals surface area (Å²) in [5.41, 5.74) is 2.90. The molecule has 1 unspecified atom stereocenters. The standard InChI is InChI=1S/C23H26N2O2/c1-25-14-5-6-18(17-25)13-15-26-21-11-9-19(10-12-21)22-16-23(27-24-22)20-7-3-2-4-8-20/h2-4,7-12,16,18H,5-6,13-15,17H2,1H3. The zero-order chi connectivity index (χ0) is 18.5. The third-order valence-corrected chi connectivity index (χ3v) is 5.24. The van der Waals surface area contributed by atoms with Crippen molar-refractivity contribution in [2.24, 2.45) is 5.92 Å². The minimum atomic E-state index is 0.759. The molecule has 2 aromatic carbocycles. The van der Waals surface area contributed by atoms with E-state index in [0.717, 1.165) is 47.3 Å². The van der Waals surface area contributed by atoms with Crippen LogP contribution < -0.4 is 4.74 Å². The molecule has 0 saturated carbocycles. The molecule has 1 saturated heterocycles. The molecule has 2 heterocycles. The Morgan fingerprint density at radius 3 is 2.67 bits per heavy atom. The van der Waals surface area contributed by atoms with Crippen LogP contribution in [0.2, 0.25) is 0 Å². The summed E-state index contributed by atoms with van der Waals surface area (Å²) in [5, 5.41) is 4.20. The van der Waals surface area contributed by atoms with E-state index in [9.17, 15) is 0 Å². The first-order chi connectivity index (χ1) is 13.3. The Hall–Kier alpha value is -2.59. The molecule has 1 atom stereocenters. The largest absolute Gasteiger partial charge is 0.494 e. The smallest absolute Gasteiger partial charge is 0.167 e. The van der Waals surface area contributed by atoms with Gasteiger partial charge in [0.25, 0.3) is 0 Å². The van der Waals surface area contributed by atoms with Gasteiger partial charge in [-0.15, -0.1) is 0 Å². The van der Waals surface area contributed by atoms with Crippen molar-refractivity contribution < 1.29 is 9.26 Å². The zero-order valence-electron chi connectivity index (χ0n) is 15.8. The molecule has 1 aliphatic heterocycles. The van der Waals surface area contributed by atoms with Crippen LogP contribution in [0.3, 0.4) is 0 Å². The quantitative estimate of drug-likeness (QED) is 0.610. The lowest BCUT2D eigenvalue weighted by Gasteiger charge is -2.29. The monoisotopic (exact) mass is 362 g/mol. The number of nitrogens with zero attached hydrogens (tertiary/aromatic N) is 2. The van der Waals surface area contributed by atoms with Gasteiger partial charge < -0.3 is 14.2 Å². The maximum atomic E-state index is 5.95. The number of piperidine rings is 1. The highest BCUT2D eigenvalue weighted by Gasteiger charge is 2.16. The summed E-state index contributed by atoms with van der Waals surface area (Å²) in [7, 11) is 2.21. The van der Waals surface area contributed by atoms with Crippen molar-refractivity contribution in [3.63, 3.8) is 0 Å². The fourth-order valence-corrected chi connectivity index (χ4v) is 3.72. The summed E-state index contributed by atoms with van der Waals surface area (Å²) >= 11 is 0. The van der Waals surface area contributed by atoms with Gasteiger partial charge in [-0.25, -0.2) is 0 Å². The van der Waals surface area contributed by atoms with Gasteiger partial charge in [0.05, 0.1) is 6.61 Å². The molecule has 1 aliphatic rings. The van der Waals surface area contributed by atoms with Gasteiger partial charge in [-0.1, -0.05) is 35.5 Å². The molecule has 4 heteroatoms. The van der Waals surface area contributed by atoms with Crippen LogP contribution in [0, 0.1) is 5.92 Å². The molecule has 0 amide bonds. The molecule has 4 nitrogen and oxygen atoms in total. The van der Waals surface area contributed by atoms with Gasteiger partial charge >= 0.3 is 0 Å². The summed E-state index contributed by atoms with van der Waals surface area (Å²) < 4.78 is 11.4. The normalized spacial score (nSPS) is 17.7. The van der Waals surface area contributed by atoms with E-state index in [4.69, 9.17) is 9.26 Å². The van der Waals surface area contributed by atoms with E-state index >= 15 is 0 Å². The second-order valence-electron chi connectivity index (χ2n) is 7.37. The molecule has 4 rings (SSSR count). The van der Waals surface area contributed by atoms with E-state index in [-0.39, 0.29) is 0 Å². The van der Waals surface area contributed by atoms with Crippen LogP contribution in [0.4, 0.5) is 0 Å². The Balaban J connectivity index is 1.33. The number of benzene rings is 2. The van der Waals surface area contributed by atoms with Gasteiger partial charge in [0.15, 0.2) is 5.76 Å². The third kappa shape index (κ3) is 4.58.